The fourth-order valence-electron chi connectivity index (χ4n) is 5.34. The zero-order valence-corrected chi connectivity index (χ0v) is 17.2. The number of nitrogens with one attached hydrogen (secondary N) is 1. The van der Waals surface area contributed by atoms with Crippen molar-refractivity contribution in [3.63, 3.8) is 0 Å². The summed E-state index contributed by atoms with van der Waals surface area (Å²) in [7, 11) is 0. The maximum atomic E-state index is 13.3. The summed E-state index contributed by atoms with van der Waals surface area (Å²) in [5.74, 6) is -1.03. The topological polar surface area (TPSA) is 89.9 Å². The highest BCUT2D eigenvalue weighted by molar-refractivity contribution is 5.89. The summed E-state index contributed by atoms with van der Waals surface area (Å²) >= 11 is 0. The molecule has 7 heteroatoms. The van der Waals surface area contributed by atoms with E-state index in [1.807, 2.05) is 12.1 Å². The summed E-state index contributed by atoms with van der Waals surface area (Å²) in [6, 6.07) is 7.29. The molecule has 3 N–H and O–H groups in total. The van der Waals surface area contributed by atoms with Gasteiger partial charge in [0.05, 0.1) is 0 Å². The summed E-state index contributed by atoms with van der Waals surface area (Å²) in [5.41, 5.74) is 1.42. The van der Waals surface area contributed by atoms with Crippen LogP contribution in [0.3, 0.4) is 0 Å². The number of hydrogen-bond donors (Lipinski definition) is 3. The Bertz CT molecular complexity index is 745. The summed E-state index contributed by atoms with van der Waals surface area (Å²) in [6.45, 7) is 4.73. The molecule has 1 heterocycles. The Labute approximate surface area is 176 Å². The van der Waals surface area contributed by atoms with E-state index in [2.05, 4.69) is 10.2 Å². The second-order valence-electron chi connectivity index (χ2n) is 8.54. The van der Waals surface area contributed by atoms with Gasteiger partial charge in [0, 0.05) is 30.8 Å². The van der Waals surface area contributed by atoms with Gasteiger partial charge in [-0.2, -0.15) is 0 Å². The standard InChI is InChI=1S/C19H27FN2.C4H4O4/c20-18-7-5-16(6-8-18)19(14-15-3-4-17(19)13-15)21-9-12-22-10-1-2-11-22;5-3(6)1-2-4(7)8/h5-8,15,17,21H,1-4,9-14H2;1-2H,(H,5,6)(H,7,8)/b;2-1+/t15-,17+,19+;/m0./s1. The monoisotopic (exact) mass is 418 g/mol. The van der Waals surface area contributed by atoms with Crippen LogP contribution in [0.1, 0.15) is 44.1 Å². The molecule has 30 heavy (non-hydrogen) atoms. The molecule has 1 aromatic carbocycles. The lowest BCUT2D eigenvalue weighted by Gasteiger charge is -2.40. The highest BCUT2D eigenvalue weighted by Crippen LogP contribution is 2.55. The molecule has 2 saturated carbocycles. The largest absolute Gasteiger partial charge is 0.478 e. The summed E-state index contributed by atoms with van der Waals surface area (Å²) < 4.78 is 13.3. The van der Waals surface area contributed by atoms with Gasteiger partial charge in [-0.25, -0.2) is 14.0 Å². The van der Waals surface area contributed by atoms with E-state index in [0.717, 1.165) is 24.9 Å². The van der Waals surface area contributed by atoms with Crippen molar-refractivity contribution in [1.82, 2.24) is 10.2 Å². The minimum absolute atomic E-state index is 0.107. The first-order chi connectivity index (χ1) is 14.4. The van der Waals surface area contributed by atoms with Crippen LogP contribution in [-0.2, 0) is 15.1 Å². The molecule has 6 nitrogen and oxygen atoms in total. The van der Waals surface area contributed by atoms with E-state index in [4.69, 9.17) is 10.2 Å². The third kappa shape index (κ3) is 5.67. The summed E-state index contributed by atoms with van der Waals surface area (Å²) in [4.78, 5) is 21.7. The van der Waals surface area contributed by atoms with Gasteiger partial charge in [0.2, 0.25) is 0 Å². The molecular formula is C23H31FN2O4. The average Bonchev–Trinajstić information content (AvgIpc) is 3.45. The molecule has 164 valence electrons. The van der Waals surface area contributed by atoms with Gasteiger partial charge in [-0.15, -0.1) is 0 Å². The van der Waals surface area contributed by atoms with E-state index in [1.165, 1.54) is 57.2 Å². The minimum Gasteiger partial charge on any atom is -0.478 e. The first kappa shape index (κ1) is 22.4. The molecule has 1 aliphatic heterocycles. The number of benzene rings is 1. The highest BCUT2D eigenvalue weighted by Gasteiger charge is 2.51. The predicted octanol–water partition coefficient (Wildman–Crippen LogP) is 3.24. The van der Waals surface area contributed by atoms with Gasteiger partial charge < -0.3 is 20.4 Å². The van der Waals surface area contributed by atoms with E-state index < -0.39 is 11.9 Å². The number of carboxylic acids is 2. The Hall–Kier alpha value is -2.25. The number of carbonyl (C=O) groups is 2. The fourth-order valence-corrected chi connectivity index (χ4v) is 5.34. The van der Waals surface area contributed by atoms with Crippen LogP contribution in [-0.4, -0.2) is 53.2 Å². The lowest BCUT2D eigenvalue weighted by atomic mass is 9.75. The van der Waals surface area contributed by atoms with Crippen LogP contribution in [0.4, 0.5) is 4.39 Å². The zero-order chi connectivity index (χ0) is 21.6. The van der Waals surface area contributed by atoms with Crippen LogP contribution in [0.5, 0.6) is 0 Å². The van der Waals surface area contributed by atoms with Crippen LogP contribution in [0.15, 0.2) is 36.4 Å². The van der Waals surface area contributed by atoms with Gasteiger partial charge >= 0.3 is 11.9 Å². The van der Waals surface area contributed by atoms with Crippen molar-refractivity contribution in [3.8, 4) is 0 Å². The van der Waals surface area contributed by atoms with Gasteiger partial charge in [-0.1, -0.05) is 18.6 Å². The Morgan fingerprint density at radius 2 is 1.73 bits per heavy atom. The molecule has 3 fully saturated rings. The highest BCUT2D eigenvalue weighted by atomic mass is 19.1. The second kappa shape index (κ2) is 10.2. The lowest BCUT2D eigenvalue weighted by Crippen LogP contribution is -2.49. The number of likely N-dealkylation sites (tertiary alicyclic amines) is 1. The molecule has 4 rings (SSSR count). The van der Waals surface area contributed by atoms with Crippen molar-refractivity contribution >= 4 is 11.9 Å². The molecule has 0 spiro atoms. The van der Waals surface area contributed by atoms with Gasteiger partial charge in [0.25, 0.3) is 0 Å². The zero-order valence-electron chi connectivity index (χ0n) is 17.2. The molecule has 0 aromatic heterocycles. The molecule has 2 aliphatic carbocycles. The smallest absolute Gasteiger partial charge is 0.328 e. The van der Waals surface area contributed by atoms with Crippen molar-refractivity contribution < 1.29 is 24.2 Å². The Kier molecular flexibility index (Phi) is 7.61. The van der Waals surface area contributed by atoms with Crippen molar-refractivity contribution in [2.75, 3.05) is 26.2 Å². The number of fused-ring (bicyclic) bond motifs is 2. The Morgan fingerprint density at radius 3 is 2.23 bits per heavy atom. The molecule has 0 unspecified atom stereocenters. The first-order valence-corrected chi connectivity index (χ1v) is 10.8. The number of aliphatic carboxylic acids is 2. The normalized spacial score (nSPS) is 27.9. The number of nitrogens with zero attached hydrogens (tertiary/aromatic N) is 1. The molecule has 3 aliphatic rings. The predicted molar refractivity (Wildman–Crippen MR) is 112 cm³/mol. The fraction of sp³-hybridized carbons (Fsp3) is 0.565. The number of hydrogen-bond acceptors (Lipinski definition) is 4. The summed E-state index contributed by atoms with van der Waals surface area (Å²) in [6.07, 6.45) is 9.14. The van der Waals surface area contributed by atoms with Crippen LogP contribution >= 0.6 is 0 Å². The SMILES string of the molecule is Fc1ccc([C@]2(NCCN3CCCC3)C[C@H]3CC[C@@H]2C3)cc1.O=C(O)/C=C/C(=O)O. The van der Waals surface area contributed by atoms with Gasteiger partial charge in [-0.3, -0.25) is 0 Å². The maximum Gasteiger partial charge on any atom is 0.328 e. The first-order valence-electron chi connectivity index (χ1n) is 10.8. The maximum absolute atomic E-state index is 13.3. The summed E-state index contributed by atoms with van der Waals surface area (Å²) in [5, 5.41) is 19.5. The third-order valence-electron chi connectivity index (χ3n) is 6.64. The Morgan fingerprint density at radius 1 is 1.10 bits per heavy atom. The van der Waals surface area contributed by atoms with E-state index >= 15 is 0 Å². The lowest BCUT2D eigenvalue weighted by molar-refractivity contribution is -0.134. The van der Waals surface area contributed by atoms with E-state index in [0.29, 0.717) is 12.2 Å². The second-order valence-corrected chi connectivity index (χ2v) is 8.54. The Balaban J connectivity index is 0.000000275. The molecule has 0 radical (unpaired) electrons. The number of rotatable bonds is 7. The van der Waals surface area contributed by atoms with Crippen molar-refractivity contribution in [1.29, 1.82) is 0 Å². The van der Waals surface area contributed by atoms with E-state index in [1.54, 1.807) is 12.1 Å². The quantitative estimate of drug-likeness (QED) is 0.589. The molecule has 2 bridgehead atoms. The molecular weight excluding hydrogens is 387 g/mol. The van der Waals surface area contributed by atoms with E-state index in [-0.39, 0.29) is 11.4 Å². The van der Waals surface area contributed by atoms with Crippen molar-refractivity contribution in [2.45, 2.75) is 44.1 Å². The van der Waals surface area contributed by atoms with Crippen LogP contribution in [0, 0.1) is 17.7 Å². The number of halogens is 1. The van der Waals surface area contributed by atoms with Gasteiger partial charge in [-0.05, 0) is 74.7 Å². The van der Waals surface area contributed by atoms with Crippen LogP contribution in [0.2, 0.25) is 0 Å². The van der Waals surface area contributed by atoms with Gasteiger partial charge in [0.15, 0.2) is 0 Å². The molecule has 0 amide bonds. The molecule has 1 saturated heterocycles. The van der Waals surface area contributed by atoms with Crippen molar-refractivity contribution in [2.24, 2.45) is 11.8 Å². The van der Waals surface area contributed by atoms with E-state index in [9.17, 15) is 14.0 Å². The molecule has 3 atom stereocenters. The number of carboxylic acid groups (broad SMARTS) is 2. The average molecular weight is 419 g/mol. The van der Waals surface area contributed by atoms with Crippen LogP contribution in [0.25, 0.3) is 0 Å². The minimum atomic E-state index is -1.26. The van der Waals surface area contributed by atoms with Crippen molar-refractivity contribution in [3.05, 3.63) is 47.8 Å². The van der Waals surface area contributed by atoms with Crippen LogP contribution < -0.4 is 5.32 Å². The molecule has 1 aromatic rings. The third-order valence-corrected chi connectivity index (χ3v) is 6.64. The van der Waals surface area contributed by atoms with Gasteiger partial charge in [0.1, 0.15) is 5.82 Å².